The summed E-state index contributed by atoms with van der Waals surface area (Å²) in [5, 5.41) is 17.3. The summed E-state index contributed by atoms with van der Waals surface area (Å²) >= 11 is 0. The summed E-state index contributed by atoms with van der Waals surface area (Å²) < 4.78 is 7.33. The number of H-pyrrole nitrogens is 1. The molecule has 0 saturated heterocycles. The molecule has 0 bridgehead atoms. The molecular weight excluding hydrogens is 384 g/mol. The molecule has 9 heteroatoms. The molecule has 4 atom stereocenters. The average Bonchev–Trinajstić information content (AvgIpc) is 2.97. The molecule has 2 aliphatic rings. The Labute approximate surface area is 175 Å². The summed E-state index contributed by atoms with van der Waals surface area (Å²) in [6.07, 6.45) is 4.74. The Morgan fingerprint density at radius 1 is 1.30 bits per heavy atom. The Morgan fingerprint density at radius 3 is 2.80 bits per heavy atom. The Bertz CT molecular complexity index is 933. The fourth-order valence-electron chi connectivity index (χ4n) is 4.29. The summed E-state index contributed by atoms with van der Waals surface area (Å²) in [6.45, 7) is 5.84. The molecule has 162 valence electrons. The Kier molecular flexibility index (Phi) is 5.53. The SMILES string of the molecule is Cc1c([C@H]2C[C@@H]2C(=O)Nc2cc([C@@H]3CC[C@H](OC(=O)NC(C)C)C3)[nH]n2)cnn1C. The third kappa shape index (κ3) is 4.34. The molecule has 30 heavy (non-hydrogen) atoms. The van der Waals surface area contributed by atoms with E-state index in [1.54, 1.807) is 0 Å². The first-order valence-corrected chi connectivity index (χ1v) is 10.6. The molecule has 0 radical (unpaired) electrons. The van der Waals surface area contributed by atoms with Gasteiger partial charge >= 0.3 is 6.09 Å². The zero-order valence-corrected chi connectivity index (χ0v) is 17.9. The third-order valence-corrected chi connectivity index (χ3v) is 6.15. The van der Waals surface area contributed by atoms with Crippen molar-refractivity contribution in [1.29, 1.82) is 0 Å². The van der Waals surface area contributed by atoms with Crippen LogP contribution in [0.3, 0.4) is 0 Å². The van der Waals surface area contributed by atoms with Crippen LogP contribution in [0.1, 0.15) is 68.3 Å². The van der Waals surface area contributed by atoms with Crippen LogP contribution in [0.4, 0.5) is 10.6 Å². The van der Waals surface area contributed by atoms with Crippen LogP contribution in [0.25, 0.3) is 0 Å². The predicted molar refractivity (Wildman–Crippen MR) is 111 cm³/mol. The number of hydrogen-bond acceptors (Lipinski definition) is 5. The summed E-state index contributed by atoms with van der Waals surface area (Å²) in [6, 6.07) is 1.95. The molecule has 2 aromatic rings. The van der Waals surface area contributed by atoms with Crippen molar-refractivity contribution in [3.63, 3.8) is 0 Å². The number of amides is 2. The first-order chi connectivity index (χ1) is 14.3. The lowest BCUT2D eigenvalue weighted by atomic mass is 10.0. The second kappa shape index (κ2) is 8.12. The molecule has 0 unspecified atom stereocenters. The minimum Gasteiger partial charge on any atom is -0.446 e. The lowest BCUT2D eigenvalue weighted by Crippen LogP contribution is -2.33. The van der Waals surface area contributed by atoms with Crippen LogP contribution in [-0.4, -0.2) is 44.1 Å². The Morgan fingerprint density at radius 2 is 2.10 bits per heavy atom. The maximum Gasteiger partial charge on any atom is 0.407 e. The van der Waals surface area contributed by atoms with Crippen molar-refractivity contribution in [3.05, 3.63) is 29.2 Å². The molecule has 2 amide bonds. The van der Waals surface area contributed by atoms with E-state index in [0.717, 1.165) is 42.6 Å². The number of hydrogen-bond donors (Lipinski definition) is 3. The molecule has 3 N–H and O–H groups in total. The van der Waals surface area contributed by atoms with E-state index in [2.05, 4.69) is 25.9 Å². The van der Waals surface area contributed by atoms with E-state index in [-0.39, 0.29) is 41.9 Å². The fraction of sp³-hybridized carbons (Fsp3) is 0.619. The maximum atomic E-state index is 12.6. The van der Waals surface area contributed by atoms with Gasteiger partial charge in [-0.2, -0.15) is 10.2 Å². The minimum atomic E-state index is -0.365. The van der Waals surface area contributed by atoms with Crippen molar-refractivity contribution in [1.82, 2.24) is 25.3 Å². The van der Waals surface area contributed by atoms with Crippen molar-refractivity contribution < 1.29 is 14.3 Å². The number of aromatic nitrogens is 4. The largest absolute Gasteiger partial charge is 0.446 e. The van der Waals surface area contributed by atoms with Crippen LogP contribution in [0.2, 0.25) is 0 Å². The number of aryl methyl sites for hydroxylation is 1. The van der Waals surface area contributed by atoms with Crippen molar-refractivity contribution in [2.75, 3.05) is 5.32 Å². The molecule has 2 fully saturated rings. The molecule has 2 heterocycles. The Balaban J connectivity index is 1.28. The highest BCUT2D eigenvalue weighted by molar-refractivity contribution is 5.94. The number of nitrogens with zero attached hydrogens (tertiary/aromatic N) is 3. The van der Waals surface area contributed by atoms with E-state index in [9.17, 15) is 9.59 Å². The number of anilines is 1. The molecule has 2 aromatic heterocycles. The number of rotatable bonds is 6. The maximum absolute atomic E-state index is 12.6. The van der Waals surface area contributed by atoms with Crippen LogP contribution >= 0.6 is 0 Å². The van der Waals surface area contributed by atoms with Gasteiger partial charge in [0.05, 0.1) is 6.20 Å². The monoisotopic (exact) mass is 414 g/mol. The van der Waals surface area contributed by atoms with E-state index in [4.69, 9.17) is 4.74 Å². The van der Waals surface area contributed by atoms with Gasteiger partial charge in [0, 0.05) is 42.4 Å². The molecule has 2 saturated carbocycles. The highest BCUT2D eigenvalue weighted by Gasteiger charge is 2.45. The van der Waals surface area contributed by atoms with Crippen molar-refractivity contribution in [3.8, 4) is 0 Å². The van der Waals surface area contributed by atoms with E-state index >= 15 is 0 Å². The molecule has 0 aliphatic heterocycles. The van der Waals surface area contributed by atoms with Gasteiger partial charge in [0.2, 0.25) is 5.91 Å². The Hall–Kier alpha value is -2.84. The molecule has 0 spiro atoms. The third-order valence-electron chi connectivity index (χ3n) is 6.15. The van der Waals surface area contributed by atoms with Gasteiger partial charge in [-0.25, -0.2) is 4.79 Å². The fourth-order valence-corrected chi connectivity index (χ4v) is 4.29. The highest BCUT2D eigenvalue weighted by atomic mass is 16.6. The highest BCUT2D eigenvalue weighted by Crippen LogP contribution is 2.49. The van der Waals surface area contributed by atoms with E-state index in [1.165, 1.54) is 0 Å². The summed E-state index contributed by atoms with van der Waals surface area (Å²) in [5.41, 5.74) is 3.23. The second-order valence-electron chi connectivity index (χ2n) is 8.79. The van der Waals surface area contributed by atoms with E-state index in [0.29, 0.717) is 5.82 Å². The van der Waals surface area contributed by atoms with Crippen LogP contribution in [0, 0.1) is 12.8 Å². The number of nitrogens with one attached hydrogen (secondary N) is 3. The molecule has 4 rings (SSSR count). The molecular formula is C21H30N6O3. The predicted octanol–water partition coefficient (Wildman–Crippen LogP) is 2.96. The number of carbonyl (C=O) groups is 2. The van der Waals surface area contributed by atoms with Crippen LogP contribution < -0.4 is 10.6 Å². The van der Waals surface area contributed by atoms with Crippen molar-refractivity contribution >= 4 is 17.8 Å². The number of aromatic amines is 1. The van der Waals surface area contributed by atoms with Gasteiger partial charge in [0.1, 0.15) is 6.10 Å². The molecule has 0 aromatic carbocycles. The van der Waals surface area contributed by atoms with Crippen molar-refractivity contribution in [2.45, 2.75) is 70.4 Å². The zero-order valence-electron chi connectivity index (χ0n) is 17.9. The van der Waals surface area contributed by atoms with Crippen LogP contribution in [0.15, 0.2) is 12.3 Å². The normalized spacial score (nSPS) is 25.4. The smallest absolute Gasteiger partial charge is 0.407 e. The molecule has 9 nitrogen and oxygen atoms in total. The van der Waals surface area contributed by atoms with Crippen molar-refractivity contribution in [2.24, 2.45) is 13.0 Å². The summed E-state index contributed by atoms with van der Waals surface area (Å²) in [5.74, 6) is 0.995. The van der Waals surface area contributed by atoms with Crippen LogP contribution in [-0.2, 0) is 16.6 Å². The average molecular weight is 415 g/mol. The van der Waals surface area contributed by atoms with Gasteiger partial charge in [0.25, 0.3) is 0 Å². The first-order valence-electron chi connectivity index (χ1n) is 10.6. The first kappa shape index (κ1) is 20.4. The lowest BCUT2D eigenvalue weighted by Gasteiger charge is -2.14. The number of ether oxygens (including phenoxy) is 1. The van der Waals surface area contributed by atoms with Crippen LogP contribution in [0.5, 0.6) is 0 Å². The van der Waals surface area contributed by atoms with Gasteiger partial charge in [-0.15, -0.1) is 0 Å². The topological polar surface area (TPSA) is 114 Å². The number of carbonyl (C=O) groups excluding carboxylic acids is 2. The second-order valence-corrected chi connectivity index (χ2v) is 8.79. The number of alkyl carbamates (subject to hydrolysis) is 1. The molecule has 2 aliphatic carbocycles. The van der Waals surface area contributed by atoms with E-state index < -0.39 is 0 Å². The quantitative estimate of drug-likeness (QED) is 0.672. The standard InChI is InChI=1S/C21H30N6O3/c1-11(2)23-21(29)30-14-6-5-13(7-14)18-9-19(26-25-18)24-20(28)16-8-15(16)17-10-22-27(4)12(17)3/h9-11,13-16H,5-8H2,1-4H3,(H,23,29)(H2,24,25,26,28)/t13-,14+,15+,16+/m1/s1. The van der Waals surface area contributed by atoms with Gasteiger partial charge in [-0.3, -0.25) is 14.6 Å². The van der Waals surface area contributed by atoms with Gasteiger partial charge in [0.15, 0.2) is 5.82 Å². The van der Waals surface area contributed by atoms with Gasteiger partial charge < -0.3 is 15.4 Å². The van der Waals surface area contributed by atoms with Gasteiger partial charge in [-0.05, 0) is 57.9 Å². The summed E-state index contributed by atoms with van der Waals surface area (Å²) in [4.78, 5) is 24.4. The minimum absolute atomic E-state index is 0.000656. The van der Waals surface area contributed by atoms with Gasteiger partial charge in [-0.1, -0.05) is 0 Å². The lowest BCUT2D eigenvalue weighted by molar-refractivity contribution is -0.117. The van der Waals surface area contributed by atoms with E-state index in [1.807, 2.05) is 44.8 Å². The summed E-state index contributed by atoms with van der Waals surface area (Å²) in [7, 11) is 1.91. The zero-order chi connectivity index (χ0) is 21.4.